The quantitative estimate of drug-likeness (QED) is 0.654. The molecule has 2 heterocycles. The van der Waals surface area contributed by atoms with Crippen molar-refractivity contribution in [3.8, 4) is 0 Å². The van der Waals surface area contributed by atoms with E-state index in [0.29, 0.717) is 6.42 Å². The van der Waals surface area contributed by atoms with Crippen LogP contribution in [0.5, 0.6) is 0 Å². The summed E-state index contributed by atoms with van der Waals surface area (Å²) >= 11 is 3.50. The molecule has 0 saturated carbocycles. The van der Waals surface area contributed by atoms with Crippen LogP contribution in [0.1, 0.15) is 29.9 Å². The van der Waals surface area contributed by atoms with Gasteiger partial charge in [-0.05, 0) is 36.2 Å². The van der Waals surface area contributed by atoms with Gasteiger partial charge in [-0.1, -0.05) is 28.1 Å². The van der Waals surface area contributed by atoms with E-state index in [9.17, 15) is 4.79 Å². The van der Waals surface area contributed by atoms with Gasteiger partial charge in [0.15, 0.2) is 5.78 Å². The number of aromatic nitrogens is 2. The van der Waals surface area contributed by atoms with Gasteiger partial charge in [-0.25, -0.2) is 0 Å². The lowest BCUT2D eigenvalue weighted by molar-refractivity contribution is -0.115. The topological polar surface area (TPSA) is 57.8 Å². The van der Waals surface area contributed by atoms with E-state index in [4.69, 9.17) is 0 Å². The molecule has 1 aliphatic heterocycles. The zero-order valence-corrected chi connectivity index (χ0v) is 14.4. The molecule has 0 spiro atoms. The van der Waals surface area contributed by atoms with Crippen LogP contribution >= 0.6 is 15.9 Å². The largest absolute Gasteiger partial charge is 0.358 e. The van der Waals surface area contributed by atoms with E-state index >= 15 is 0 Å². The van der Waals surface area contributed by atoms with Crippen LogP contribution in [-0.4, -0.2) is 16.0 Å². The van der Waals surface area contributed by atoms with Crippen molar-refractivity contribution in [1.82, 2.24) is 10.2 Å². The number of allylic oxidation sites excluding steroid dienone is 2. The predicted octanol–water partition coefficient (Wildman–Crippen LogP) is 4.50. The van der Waals surface area contributed by atoms with Crippen LogP contribution in [0.15, 0.2) is 58.3 Å². The third-order valence-electron chi connectivity index (χ3n) is 4.95. The number of hydrogen-bond acceptors (Lipinski definition) is 3. The molecule has 1 aliphatic carbocycles. The molecule has 1 atom stereocenters. The zero-order valence-electron chi connectivity index (χ0n) is 12.8. The Balaban J connectivity index is 1.82. The lowest BCUT2D eigenvalue weighted by atomic mass is 9.80. The number of carbonyl (C=O) groups excluding carboxylic acids is 1. The van der Waals surface area contributed by atoms with Crippen LogP contribution in [-0.2, 0) is 4.79 Å². The highest BCUT2D eigenvalue weighted by Crippen LogP contribution is 2.48. The molecular weight excluding hydrogens is 366 g/mol. The van der Waals surface area contributed by atoms with Crippen LogP contribution in [0.4, 0.5) is 5.69 Å². The standard InChI is InChI=1S/C19H14BrN3O/c20-12-4-1-10(2-5-12)16-17-13(7-8-15(17)24)22-14-6-3-11-9-21-23-19(11)18(14)16/h1-6,9,16,22H,7-8H2,(H,21,23). The summed E-state index contributed by atoms with van der Waals surface area (Å²) in [5, 5.41) is 11.9. The summed E-state index contributed by atoms with van der Waals surface area (Å²) in [5.41, 5.74) is 6.28. The lowest BCUT2D eigenvalue weighted by Crippen LogP contribution is -2.19. The summed E-state index contributed by atoms with van der Waals surface area (Å²) in [6.07, 6.45) is 3.21. The first-order chi connectivity index (χ1) is 11.7. The summed E-state index contributed by atoms with van der Waals surface area (Å²) in [4.78, 5) is 12.6. The number of nitrogens with one attached hydrogen (secondary N) is 2. The summed E-state index contributed by atoms with van der Waals surface area (Å²) in [7, 11) is 0. The average Bonchev–Trinajstić information content (AvgIpc) is 3.21. The third kappa shape index (κ3) is 1.91. The first kappa shape index (κ1) is 14.0. The maximum Gasteiger partial charge on any atom is 0.161 e. The molecule has 0 bridgehead atoms. The predicted molar refractivity (Wildman–Crippen MR) is 97.0 cm³/mol. The fourth-order valence-corrected chi connectivity index (χ4v) is 4.14. The summed E-state index contributed by atoms with van der Waals surface area (Å²) in [6, 6.07) is 12.4. The Labute approximate surface area is 147 Å². The molecule has 5 heteroatoms. The normalized spacial score (nSPS) is 19.4. The fraction of sp³-hybridized carbons (Fsp3) is 0.158. The number of hydrogen-bond donors (Lipinski definition) is 2. The highest BCUT2D eigenvalue weighted by Gasteiger charge is 2.37. The van der Waals surface area contributed by atoms with Gasteiger partial charge >= 0.3 is 0 Å². The maximum absolute atomic E-state index is 12.6. The first-order valence-electron chi connectivity index (χ1n) is 7.97. The minimum atomic E-state index is -0.0523. The van der Waals surface area contributed by atoms with Crippen LogP contribution in [0, 0.1) is 0 Å². The second kappa shape index (κ2) is 5.05. The van der Waals surface area contributed by atoms with E-state index < -0.39 is 0 Å². The van der Waals surface area contributed by atoms with Gasteiger partial charge < -0.3 is 5.32 Å². The lowest BCUT2D eigenvalue weighted by Gasteiger charge is -2.29. The third-order valence-corrected chi connectivity index (χ3v) is 5.48. The van der Waals surface area contributed by atoms with Crippen molar-refractivity contribution in [3.63, 3.8) is 0 Å². The highest BCUT2D eigenvalue weighted by atomic mass is 79.9. The van der Waals surface area contributed by atoms with Crippen molar-refractivity contribution in [1.29, 1.82) is 0 Å². The molecule has 2 N–H and O–H groups in total. The molecule has 0 radical (unpaired) electrons. The van der Waals surface area contributed by atoms with Gasteiger partial charge in [0.25, 0.3) is 0 Å². The van der Waals surface area contributed by atoms with Crippen LogP contribution in [0.2, 0.25) is 0 Å². The van der Waals surface area contributed by atoms with Crippen molar-refractivity contribution in [2.24, 2.45) is 0 Å². The molecule has 0 saturated heterocycles. The zero-order chi connectivity index (χ0) is 16.3. The molecule has 0 fully saturated rings. The molecule has 2 aliphatic rings. The molecule has 4 nitrogen and oxygen atoms in total. The molecule has 0 amide bonds. The Hall–Kier alpha value is -2.40. The van der Waals surface area contributed by atoms with Crippen molar-refractivity contribution in [2.75, 3.05) is 5.32 Å². The van der Waals surface area contributed by atoms with E-state index in [-0.39, 0.29) is 11.7 Å². The van der Waals surface area contributed by atoms with E-state index in [0.717, 1.165) is 49.9 Å². The Bertz CT molecular complexity index is 1020. The number of Topliss-reactive ketones (excluding diaryl/α,β-unsaturated/α-hetero) is 1. The van der Waals surface area contributed by atoms with Crippen LogP contribution in [0.3, 0.4) is 0 Å². The Morgan fingerprint density at radius 2 is 1.92 bits per heavy atom. The van der Waals surface area contributed by atoms with Crippen molar-refractivity contribution < 1.29 is 4.79 Å². The van der Waals surface area contributed by atoms with Crippen molar-refractivity contribution in [3.05, 3.63) is 69.5 Å². The average molecular weight is 380 g/mol. The molecule has 5 rings (SSSR count). The van der Waals surface area contributed by atoms with Crippen molar-refractivity contribution >= 4 is 38.3 Å². The molecule has 118 valence electrons. The molecular formula is C19H14BrN3O. The monoisotopic (exact) mass is 379 g/mol. The summed E-state index contributed by atoms with van der Waals surface area (Å²) in [6.45, 7) is 0. The number of H-pyrrole nitrogens is 1. The maximum atomic E-state index is 12.6. The second-order valence-electron chi connectivity index (χ2n) is 6.29. The van der Waals surface area contributed by atoms with E-state index in [2.05, 4.69) is 55.7 Å². The number of fused-ring (bicyclic) bond motifs is 3. The van der Waals surface area contributed by atoms with Gasteiger partial charge in [-0.15, -0.1) is 0 Å². The number of halogens is 1. The minimum absolute atomic E-state index is 0.0523. The van der Waals surface area contributed by atoms with Gasteiger partial charge in [0.05, 0.1) is 11.7 Å². The van der Waals surface area contributed by atoms with E-state index in [1.807, 2.05) is 18.3 Å². The fourth-order valence-electron chi connectivity index (χ4n) is 3.88. The molecule has 1 unspecified atom stereocenters. The Morgan fingerprint density at radius 1 is 1.08 bits per heavy atom. The summed E-state index contributed by atoms with van der Waals surface area (Å²) in [5.74, 6) is 0.191. The number of ketones is 1. The number of anilines is 1. The number of rotatable bonds is 1. The number of nitrogens with zero attached hydrogens (tertiary/aromatic N) is 1. The Morgan fingerprint density at radius 3 is 2.75 bits per heavy atom. The van der Waals surface area contributed by atoms with Gasteiger partial charge in [0.1, 0.15) is 0 Å². The first-order valence-corrected chi connectivity index (χ1v) is 8.76. The molecule has 3 aromatic rings. The van der Waals surface area contributed by atoms with Gasteiger partial charge in [0.2, 0.25) is 0 Å². The Kier molecular flexibility index (Phi) is 2.94. The molecule has 2 aromatic carbocycles. The molecule has 1 aromatic heterocycles. The van der Waals surface area contributed by atoms with E-state index in [1.54, 1.807) is 0 Å². The SMILES string of the molecule is O=C1CCC2=C1C(c1ccc(Br)cc1)c1c(ccc3cn[nH]c13)N2. The van der Waals surface area contributed by atoms with Gasteiger partial charge in [0, 0.05) is 44.7 Å². The van der Waals surface area contributed by atoms with Crippen LogP contribution in [0.25, 0.3) is 10.9 Å². The van der Waals surface area contributed by atoms with Gasteiger partial charge in [-0.2, -0.15) is 5.10 Å². The van der Waals surface area contributed by atoms with E-state index in [1.165, 1.54) is 0 Å². The minimum Gasteiger partial charge on any atom is -0.358 e. The number of carbonyl (C=O) groups is 1. The van der Waals surface area contributed by atoms with Gasteiger partial charge in [-0.3, -0.25) is 9.89 Å². The summed E-state index contributed by atoms with van der Waals surface area (Å²) < 4.78 is 1.03. The second-order valence-corrected chi connectivity index (χ2v) is 7.20. The van der Waals surface area contributed by atoms with Crippen LogP contribution < -0.4 is 5.32 Å². The number of aromatic amines is 1. The number of benzene rings is 2. The highest BCUT2D eigenvalue weighted by molar-refractivity contribution is 9.10. The van der Waals surface area contributed by atoms with Crippen molar-refractivity contribution in [2.45, 2.75) is 18.8 Å². The smallest absolute Gasteiger partial charge is 0.161 e. The molecule has 24 heavy (non-hydrogen) atoms.